The summed E-state index contributed by atoms with van der Waals surface area (Å²) in [6.45, 7) is 4.34. The van der Waals surface area contributed by atoms with E-state index in [9.17, 15) is 4.79 Å². The third-order valence-electron chi connectivity index (χ3n) is 4.87. The van der Waals surface area contributed by atoms with E-state index >= 15 is 0 Å². The molecule has 3 nitrogen and oxygen atoms in total. The molecule has 0 spiro atoms. The molecule has 0 bridgehead atoms. The highest BCUT2D eigenvalue weighted by Gasteiger charge is 2.22. The van der Waals surface area contributed by atoms with Gasteiger partial charge in [0, 0.05) is 0 Å². The summed E-state index contributed by atoms with van der Waals surface area (Å²) in [6, 6.07) is 27.3. The molecule has 30 heavy (non-hydrogen) atoms. The van der Waals surface area contributed by atoms with E-state index < -0.39 is 0 Å². The molecule has 154 valence electrons. The van der Waals surface area contributed by atoms with E-state index in [1.807, 2.05) is 91.0 Å². The van der Waals surface area contributed by atoms with Gasteiger partial charge in [0.15, 0.2) is 0 Å². The lowest BCUT2D eigenvalue weighted by molar-refractivity contribution is -0.151. The number of benzene rings is 3. The minimum atomic E-state index is -0.172. The summed E-state index contributed by atoms with van der Waals surface area (Å²) in [6.07, 6.45) is 4.76. The fraction of sp³-hybridized carbons (Fsp3) is 0.222. The van der Waals surface area contributed by atoms with E-state index in [2.05, 4.69) is 19.9 Å². The largest absolute Gasteiger partial charge is 0.461 e. The second-order valence-corrected chi connectivity index (χ2v) is 7.57. The van der Waals surface area contributed by atoms with Crippen molar-refractivity contribution < 1.29 is 14.3 Å². The van der Waals surface area contributed by atoms with Crippen LogP contribution in [0.25, 0.3) is 6.08 Å². The Balaban J connectivity index is 1.56. The van der Waals surface area contributed by atoms with Crippen molar-refractivity contribution in [1.82, 2.24) is 0 Å². The van der Waals surface area contributed by atoms with E-state index in [0.29, 0.717) is 6.42 Å². The number of hydrogen-bond acceptors (Lipinski definition) is 3. The molecule has 3 aromatic rings. The second-order valence-electron chi connectivity index (χ2n) is 7.57. The monoisotopic (exact) mass is 400 g/mol. The Morgan fingerprint density at radius 1 is 0.867 bits per heavy atom. The molecule has 0 aliphatic carbocycles. The zero-order chi connectivity index (χ0) is 21.2. The molecule has 0 fully saturated rings. The van der Waals surface area contributed by atoms with Gasteiger partial charge in [-0.05, 0) is 47.7 Å². The van der Waals surface area contributed by atoms with Crippen molar-refractivity contribution in [2.24, 2.45) is 11.8 Å². The Hall–Kier alpha value is -3.33. The van der Waals surface area contributed by atoms with Crippen LogP contribution in [0.3, 0.4) is 0 Å². The molecule has 0 N–H and O–H groups in total. The van der Waals surface area contributed by atoms with Gasteiger partial charge in [0.2, 0.25) is 0 Å². The summed E-state index contributed by atoms with van der Waals surface area (Å²) in [4.78, 5) is 12.7. The first-order valence-electron chi connectivity index (χ1n) is 10.3. The maximum atomic E-state index is 12.7. The predicted molar refractivity (Wildman–Crippen MR) is 121 cm³/mol. The molecule has 0 aliphatic heterocycles. The molecule has 0 saturated heterocycles. The molecule has 0 saturated carbocycles. The fourth-order valence-corrected chi connectivity index (χ4v) is 3.14. The predicted octanol–water partition coefficient (Wildman–Crippen LogP) is 6.90. The zero-order valence-electron chi connectivity index (χ0n) is 17.5. The Labute approximate surface area is 179 Å². The summed E-state index contributed by atoms with van der Waals surface area (Å²) in [5.41, 5.74) is 2.03. The van der Waals surface area contributed by atoms with Gasteiger partial charge in [-0.15, -0.1) is 0 Å². The highest BCUT2D eigenvalue weighted by Crippen LogP contribution is 2.23. The van der Waals surface area contributed by atoms with Crippen molar-refractivity contribution >= 4 is 12.0 Å². The Morgan fingerprint density at radius 2 is 1.53 bits per heavy atom. The fourth-order valence-electron chi connectivity index (χ4n) is 3.14. The first-order valence-corrected chi connectivity index (χ1v) is 10.3. The van der Waals surface area contributed by atoms with Crippen LogP contribution in [0.5, 0.6) is 11.5 Å². The molecule has 3 aromatic carbocycles. The molecule has 3 rings (SSSR count). The van der Waals surface area contributed by atoms with Crippen molar-refractivity contribution in [3.05, 3.63) is 102 Å². The number of hydrogen-bond donors (Lipinski definition) is 0. The van der Waals surface area contributed by atoms with Crippen LogP contribution in [0, 0.1) is 11.8 Å². The van der Waals surface area contributed by atoms with Gasteiger partial charge >= 0.3 is 5.97 Å². The van der Waals surface area contributed by atoms with Gasteiger partial charge in [0.05, 0.1) is 5.92 Å². The summed E-state index contributed by atoms with van der Waals surface area (Å²) in [5.74, 6) is 1.36. The van der Waals surface area contributed by atoms with Gasteiger partial charge in [-0.1, -0.05) is 86.7 Å². The normalized spacial score (nSPS) is 12.1. The molecular weight excluding hydrogens is 372 g/mol. The maximum absolute atomic E-state index is 12.7. The topological polar surface area (TPSA) is 35.5 Å². The number of rotatable bonds is 9. The molecule has 0 aromatic heterocycles. The number of ether oxygens (including phenoxy) is 2. The van der Waals surface area contributed by atoms with Gasteiger partial charge in [-0.25, -0.2) is 0 Å². The Bertz CT molecular complexity index is 946. The lowest BCUT2D eigenvalue weighted by Gasteiger charge is -2.18. The molecule has 1 unspecified atom stereocenters. The smallest absolute Gasteiger partial charge is 0.309 e. The minimum Gasteiger partial charge on any atom is -0.461 e. The van der Waals surface area contributed by atoms with Crippen LogP contribution < -0.4 is 4.74 Å². The third-order valence-corrected chi connectivity index (χ3v) is 4.87. The van der Waals surface area contributed by atoms with E-state index in [-0.39, 0.29) is 24.4 Å². The highest BCUT2D eigenvalue weighted by molar-refractivity contribution is 5.73. The van der Waals surface area contributed by atoms with Crippen LogP contribution in [0.2, 0.25) is 0 Å². The number of esters is 1. The van der Waals surface area contributed by atoms with Crippen LogP contribution in [-0.2, 0) is 16.1 Å². The zero-order valence-corrected chi connectivity index (χ0v) is 17.5. The Kier molecular flexibility index (Phi) is 7.85. The molecule has 0 radical (unpaired) electrons. The van der Waals surface area contributed by atoms with Crippen LogP contribution in [-0.4, -0.2) is 5.97 Å². The number of allylic oxidation sites excluding steroid dienone is 1. The summed E-state index contributed by atoms with van der Waals surface area (Å²) in [7, 11) is 0. The molecular formula is C27H28O3. The van der Waals surface area contributed by atoms with E-state index in [1.54, 1.807) is 0 Å². The van der Waals surface area contributed by atoms with E-state index in [0.717, 1.165) is 22.6 Å². The number of para-hydroxylation sites is 1. The van der Waals surface area contributed by atoms with E-state index in [4.69, 9.17) is 9.47 Å². The molecule has 1 atom stereocenters. The first-order chi connectivity index (χ1) is 14.6. The molecule has 0 aliphatic rings. The highest BCUT2D eigenvalue weighted by atomic mass is 16.5. The van der Waals surface area contributed by atoms with Gasteiger partial charge < -0.3 is 9.47 Å². The van der Waals surface area contributed by atoms with Crippen molar-refractivity contribution in [1.29, 1.82) is 0 Å². The van der Waals surface area contributed by atoms with Gasteiger partial charge in [-0.3, -0.25) is 4.79 Å². The quantitative estimate of drug-likeness (QED) is 0.367. The van der Waals surface area contributed by atoms with Crippen molar-refractivity contribution in [2.75, 3.05) is 0 Å². The van der Waals surface area contributed by atoms with Gasteiger partial charge in [-0.2, -0.15) is 0 Å². The molecule has 0 heterocycles. The standard InChI is InChI=1S/C27H28O3/c1-21(2)26(18-10-13-22-11-5-3-6-12-22)27(28)29-20-23-14-9-17-25(19-23)30-24-15-7-4-8-16-24/h3-17,19,21,26H,18,20H2,1-2H3. The van der Waals surface area contributed by atoms with Gasteiger partial charge in [0.25, 0.3) is 0 Å². The van der Waals surface area contributed by atoms with Crippen molar-refractivity contribution in [3.63, 3.8) is 0 Å². The van der Waals surface area contributed by atoms with Crippen molar-refractivity contribution in [2.45, 2.75) is 26.9 Å². The summed E-state index contributed by atoms with van der Waals surface area (Å²) >= 11 is 0. The van der Waals surface area contributed by atoms with Crippen LogP contribution in [0.15, 0.2) is 91.0 Å². The number of carbonyl (C=O) groups excluding carboxylic acids is 1. The van der Waals surface area contributed by atoms with Crippen LogP contribution in [0.1, 0.15) is 31.4 Å². The summed E-state index contributed by atoms with van der Waals surface area (Å²) in [5, 5.41) is 0. The third kappa shape index (κ3) is 6.63. The lowest BCUT2D eigenvalue weighted by Crippen LogP contribution is -2.22. The number of carbonyl (C=O) groups is 1. The maximum Gasteiger partial charge on any atom is 0.309 e. The van der Waals surface area contributed by atoms with E-state index in [1.165, 1.54) is 0 Å². The minimum absolute atomic E-state index is 0.169. The first kappa shape index (κ1) is 21.4. The van der Waals surface area contributed by atoms with Crippen LogP contribution >= 0.6 is 0 Å². The molecule has 3 heteroatoms. The van der Waals surface area contributed by atoms with Crippen LogP contribution in [0.4, 0.5) is 0 Å². The molecule has 0 amide bonds. The Morgan fingerprint density at radius 3 is 2.23 bits per heavy atom. The van der Waals surface area contributed by atoms with Gasteiger partial charge in [0.1, 0.15) is 18.1 Å². The SMILES string of the molecule is CC(C)C(CC=Cc1ccccc1)C(=O)OCc1cccc(Oc2ccccc2)c1. The second kappa shape index (κ2) is 11.0. The lowest BCUT2D eigenvalue weighted by atomic mass is 9.92. The average Bonchev–Trinajstić information content (AvgIpc) is 2.76. The summed E-state index contributed by atoms with van der Waals surface area (Å²) < 4.78 is 11.5. The average molecular weight is 401 g/mol. The van der Waals surface area contributed by atoms with Crippen molar-refractivity contribution in [3.8, 4) is 11.5 Å².